The van der Waals surface area contributed by atoms with Crippen molar-refractivity contribution < 1.29 is 13.2 Å². The van der Waals surface area contributed by atoms with Crippen LogP contribution in [0.25, 0.3) is 0 Å². The second-order valence-electron chi connectivity index (χ2n) is 5.56. The molecule has 1 N–H and O–H groups in total. The second kappa shape index (κ2) is 5.76. The average Bonchev–Trinajstić information content (AvgIpc) is 3.14. The zero-order valence-corrected chi connectivity index (χ0v) is 12.4. The van der Waals surface area contributed by atoms with Gasteiger partial charge in [-0.3, -0.25) is 4.79 Å². The van der Waals surface area contributed by atoms with Crippen molar-refractivity contribution in [3.8, 4) is 0 Å². The highest BCUT2D eigenvalue weighted by Gasteiger charge is 2.33. The predicted octanol–water partition coefficient (Wildman–Crippen LogP) is -0.379. The summed E-state index contributed by atoms with van der Waals surface area (Å²) in [5, 5.41) is 3.34. The molecule has 1 heterocycles. The minimum absolute atomic E-state index is 0.00187. The SMILES string of the molecule is CN(C)S(=O)(=O)CCN1CCCC(NC2CC2)C1=O. The first-order valence-electron chi connectivity index (χ1n) is 6.85. The van der Waals surface area contributed by atoms with Gasteiger partial charge in [0.2, 0.25) is 15.9 Å². The van der Waals surface area contributed by atoms with Gasteiger partial charge in [0.05, 0.1) is 11.8 Å². The van der Waals surface area contributed by atoms with E-state index in [1.807, 2.05) is 0 Å². The first kappa shape index (κ1) is 14.7. The molecule has 6 nitrogen and oxygen atoms in total. The molecule has 0 bridgehead atoms. The van der Waals surface area contributed by atoms with E-state index in [-0.39, 0.29) is 17.7 Å². The molecule has 1 amide bonds. The fourth-order valence-electron chi connectivity index (χ4n) is 2.26. The van der Waals surface area contributed by atoms with Gasteiger partial charge in [0.1, 0.15) is 0 Å². The van der Waals surface area contributed by atoms with Crippen LogP contribution in [0.5, 0.6) is 0 Å². The van der Waals surface area contributed by atoms with Crippen molar-refractivity contribution in [2.45, 2.75) is 37.8 Å². The number of carbonyl (C=O) groups is 1. The third kappa shape index (κ3) is 3.90. The lowest BCUT2D eigenvalue weighted by molar-refractivity contribution is -0.135. The van der Waals surface area contributed by atoms with Crippen molar-refractivity contribution in [1.29, 1.82) is 0 Å². The van der Waals surface area contributed by atoms with Crippen LogP contribution in [0.1, 0.15) is 25.7 Å². The van der Waals surface area contributed by atoms with E-state index in [1.165, 1.54) is 18.4 Å². The molecule has 1 atom stereocenters. The van der Waals surface area contributed by atoms with Gasteiger partial charge in [0.15, 0.2) is 0 Å². The molecule has 19 heavy (non-hydrogen) atoms. The highest BCUT2D eigenvalue weighted by Crippen LogP contribution is 2.22. The van der Waals surface area contributed by atoms with Gasteiger partial charge in [-0.05, 0) is 25.7 Å². The molecule has 0 spiro atoms. The van der Waals surface area contributed by atoms with E-state index in [1.54, 1.807) is 4.90 Å². The van der Waals surface area contributed by atoms with E-state index in [4.69, 9.17) is 0 Å². The summed E-state index contributed by atoms with van der Waals surface area (Å²) in [4.78, 5) is 13.9. The van der Waals surface area contributed by atoms with Crippen LogP contribution < -0.4 is 5.32 Å². The van der Waals surface area contributed by atoms with Crippen LogP contribution in [-0.4, -0.2) is 68.6 Å². The standard InChI is InChI=1S/C12H23N3O3S/c1-14(2)19(17,18)9-8-15-7-3-4-11(12(15)16)13-10-5-6-10/h10-11,13H,3-9H2,1-2H3. The number of sulfonamides is 1. The number of hydrogen-bond acceptors (Lipinski definition) is 4. The molecule has 0 aromatic rings. The van der Waals surface area contributed by atoms with Crippen LogP contribution in [0.15, 0.2) is 0 Å². The average molecular weight is 289 g/mol. The van der Waals surface area contributed by atoms with Crippen molar-refractivity contribution in [2.24, 2.45) is 0 Å². The molecule has 110 valence electrons. The Hall–Kier alpha value is -0.660. The van der Waals surface area contributed by atoms with E-state index >= 15 is 0 Å². The van der Waals surface area contributed by atoms with Crippen molar-refractivity contribution in [2.75, 3.05) is 32.9 Å². The summed E-state index contributed by atoms with van der Waals surface area (Å²) in [7, 11) is -0.193. The zero-order chi connectivity index (χ0) is 14.0. The van der Waals surface area contributed by atoms with E-state index in [0.29, 0.717) is 19.1 Å². The Bertz CT molecular complexity index is 432. The van der Waals surface area contributed by atoms with Crippen LogP contribution in [0.2, 0.25) is 0 Å². The maximum atomic E-state index is 12.2. The first-order valence-corrected chi connectivity index (χ1v) is 8.46. The van der Waals surface area contributed by atoms with Crippen molar-refractivity contribution in [1.82, 2.24) is 14.5 Å². The maximum Gasteiger partial charge on any atom is 0.239 e. The molecule has 0 radical (unpaired) electrons. The summed E-state index contributed by atoms with van der Waals surface area (Å²) >= 11 is 0. The smallest absolute Gasteiger partial charge is 0.239 e. The fourth-order valence-corrected chi connectivity index (χ4v) is 3.08. The number of amides is 1. The Morgan fingerprint density at radius 3 is 2.58 bits per heavy atom. The van der Waals surface area contributed by atoms with E-state index in [9.17, 15) is 13.2 Å². The Balaban J connectivity index is 1.87. The minimum Gasteiger partial charge on any atom is -0.340 e. The molecule has 2 fully saturated rings. The van der Waals surface area contributed by atoms with Crippen molar-refractivity contribution in [3.63, 3.8) is 0 Å². The van der Waals surface area contributed by atoms with Gasteiger partial charge in [-0.25, -0.2) is 12.7 Å². The molecule has 0 aromatic carbocycles. The molecule has 1 aliphatic heterocycles. The highest BCUT2D eigenvalue weighted by molar-refractivity contribution is 7.89. The van der Waals surface area contributed by atoms with Gasteiger partial charge in [-0.1, -0.05) is 0 Å². The molecule has 0 aromatic heterocycles. The summed E-state index contributed by atoms with van der Waals surface area (Å²) < 4.78 is 24.7. The van der Waals surface area contributed by atoms with Gasteiger partial charge < -0.3 is 10.2 Å². The summed E-state index contributed by atoms with van der Waals surface area (Å²) in [6.45, 7) is 0.965. The third-order valence-corrected chi connectivity index (χ3v) is 5.53. The Morgan fingerprint density at radius 2 is 2.00 bits per heavy atom. The summed E-state index contributed by atoms with van der Waals surface area (Å²) in [6, 6.07) is 0.391. The maximum absolute atomic E-state index is 12.2. The topological polar surface area (TPSA) is 69.7 Å². The lowest BCUT2D eigenvalue weighted by Crippen LogP contribution is -2.52. The number of carbonyl (C=O) groups excluding carboxylic acids is 1. The van der Waals surface area contributed by atoms with Crippen LogP contribution >= 0.6 is 0 Å². The molecule has 1 saturated carbocycles. The molecule has 1 aliphatic carbocycles. The molecule has 2 aliphatic rings. The van der Waals surface area contributed by atoms with Crippen LogP contribution in [0.3, 0.4) is 0 Å². The van der Waals surface area contributed by atoms with Gasteiger partial charge in [0.25, 0.3) is 0 Å². The lowest BCUT2D eigenvalue weighted by Gasteiger charge is -2.33. The Morgan fingerprint density at radius 1 is 1.32 bits per heavy atom. The summed E-state index contributed by atoms with van der Waals surface area (Å²) in [6.07, 6.45) is 4.11. The molecule has 1 unspecified atom stereocenters. The molecule has 2 rings (SSSR count). The zero-order valence-electron chi connectivity index (χ0n) is 11.6. The van der Waals surface area contributed by atoms with Gasteiger partial charge in [-0.2, -0.15) is 0 Å². The molecular weight excluding hydrogens is 266 g/mol. The minimum atomic E-state index is -3.23. The summed E-state index contributed by atoms with van der Waals surface area (Å²) in [5.74, 6) is 0.0640. The normalized spacial score (nSPS) is 25.1. The quantitative estimate of drug-likeness (QED) is 0.724. The highest BCUT2D eigenvalue weighted by atomic mass is 32.2. The second-order valence-corrected chi connectivity index (χ2v) is 7.86. The number of nitrogens with one attached hydrogen (secondary N) is 1. The largest absolute Gasteiger partial charge is 0.340 e. The van der Waals surface area contributed by atoms with E-state index in [2.05, 4.69) is 5.32 Å². The number of likely N-dealkylation sites (tertiary alicyclic amines) is 1. The van der Waals surface area contributed by atoms with E-state index in [0.717, 1.165) is 25.7 Å². The summed E-state index contributed by atoms with van der Waals surface area (Å²) in [5.41, 5.74) is 0. The van der Waals surface area contributed by atoms with E-state index < -0.39 is 10.0 Å². The number of piperidine rings is 1. The van der Waals surface area contributed by atoms with Crippen molar-refractivity contribution in [3.05, 3.63) is 0 Å². The van der Waals surface area contributed by atoms with Crippen LogP contribution in [-0.2, 0) is 14.8 Å². The van der Waals surface area contributed by atoms with Crippen LogP contribution in [0, 0.1) is 0 Å². The monoisotopic (exact) mass is 289 g/mol. The van der Waals surface area contributed by atoms with Gasteiger partial charge in [-0.15, -0.1) is 0 Å². The predicted molar refractivity (Wildman–Crippen MR) is 73.2 cm³/mol. The fraction of sp³-hybridized carbons (Fsp3) is 0.917. The van der Waals surface area contributed by atoms with Crippen LogP contribution in [0.4, 0.5) is 0 Å². The van der Waals surface area contributed by atoms with Crippen molar-refractivity contribution >= 4 is 15.9 Å². The molecular formula is C12H23N3O3S. The van der Waals surface area contributed by atoms with Gasteiger partial charge >= 0.3 is 0 Å². The number of hydrogen-bond donors (Lipinski definition) is 1. The van der Waals surface area contributed by atoms with Gasteiger partial charge in [0, 0.05) is 33.2 Å². The number of nitrogens with zero attached hydrogens (tertiary/aromatic N) is 2. The third-order valence-electron chi connectivity index (χ3n) is 3.72. The lowest BCUT2D eigenvalue weighted by atomic mass is 10.0. The number of rotatable bonds is 6. The Kier molecular flexibility index (Phi) is 4.47. The molecule has 7 heteroatoms. The Labute approximate surface area is 115 Å². The molecule has 1 saturated heterocycles. The first-order chi connectivity index (χ1) is 8.90.